The largest absolute Gasteiger partial charge is 0.379 e. The molecule has 2 aromatic rings. The summed E-state index contributed by atoms with van der Waals surface area (Å²) in [6, 6.07) is 7.81. The predicted octanol–water partition coefficient (Wildman–Crippen LogP) is 2.05. The van der Waals surface area contributed by atoms with Gasteiger partial charge in [-0.05, 0) is 44.2 Å². The number of carbonyl (C=O) groups excluding carboxylic acids is 1. The molecule has 1 N–H and O–H groups in total. The first-order chi connectivity index (χ1) is 12.2. The van der Waals surface area contributed by atoms with Gasteiger partial charge in [-0.3, -0.25) is 4.79 Å². The van der Waals surface area contributed by atoms with E-state index in [-0.39, 0.29) is 24.6 Å². The van der Waals surface area contributed by atoms with E-state index in [4.69, 9.17) is 9.47 Å². The van der Waals surface area contributed by atoms with E-state index in [1.807, 2.05) is 35.8 Å². The molecule has 0 bridgehead atoms. The van der Waals surface area contributed by atoms with Crippen molar-refractivity contribution in [1.29, 1.82) is 0 Å². The molecule has 1 amide bonds. The summed E-state index contributed by atoms with van der Waals surface area (Å²) in [7, 11) is 0. The fourth-order valence-electron chi connectivity index (χ4n) is 3.39. The lowest BCUT2D eigenvalue weighted by Crippen LogP contribution is -2.51. The van der Waals surface area contributed by atoms with Crippen LogP contribution in [0.25, 0.3) is 11.0 Å². The lowest BCUT2D eigenvalue weighted by atomic mass is 10.1. The summed E-state index contributed by atoms with van der Waals surface area (Å²) in [6.07, 6.45) is 3.43. The molecule has 1 aliphatic heterocycles. The highest BCUT2D eigenvalue weighted by molar-refractivity contribution is 5.81. The maximum Gasteiger partial charge on any atom is 0.240 e. The number of fused-ring (bicyclic) bond motifs is 1. The second-order valence-corrected chi connectivity index (χ2v) is 7.09. The van der Waals surface area contributed by atoms with E-state index in [0.717, 1.165) is 35.8 Å². The van der Waals surface area contributed by atoms with E-state index in [2.05, 4.69) is 10.3 Å². The van der Waals surface area contributed by atoms with E-state index >= 15 is 0 Å². The number of ether oxygens (including phenoxy) is 2. The number of amides is 1. The zero-order valence-electron chi connectivity index (χ0n) is 14.6. The lowest BCUT2D eigenvalue weighted by Gasteiger charge is -2.32. The van der Waals surface area contributed by atoms with Gasteiger partial charge in [0.15, 0.2) is 0 Å². The third-order valence-corrected chi connectivity index (χ3v) is 5.03. The minimum absolute atomic E-state index is 0.0261. The van der Waals surface area contributed by atoms with Gasteiger partial charge in [-0.2, -0.15) is 0 Å². The zero-order valence-corrected chi connectivity index (χ0v) is 14.6. The summed E-state index contributed by atoms with van der Waals surface area (Å²) in [5, 5.41) is 3.11. The smallest absolute Gasteiger partial charge is 0.240 e. The number of rotatable bonds is 6. The monoisotopic (exact) mass is 343 g/mol. The van der Waals surface area contributed by atoms with Crippen LogP contribution in [0.1, 0.15) is 25.1 Å². The molecule has 1 aromatic heterocycles. The van der Waals surface area contributed by atoms with Crippen LogP contribution in [0, 0.1) is 12.8 Å². The van der Waals surface area contributed by atoms with Crippen LogP contribution in [-0.2, 0) is 20.8 Å². The van der Waals surface area contributed by atoms with Crippen LogP contribution in [0.15, 0.2) is 24.3 Å². The van der Waals surface area contributed by atoms with Gasteiger partial charge < -0.3 is 19.4 Å². The van der Waals surface area contributed by atoms with Crippen LogP contribution >= 0.6 is 0 Å². The molecule has 1 aromatic carbocycles. The molecule has 25 heavy (non-hydrogen) atoms. The number of aryl methyl sites for hydroxylation is 1. The van der Waals surface area contributed by atoms with Crippen molar-refractivity contribution in [2.45, 2.75) is 44.9 Å². The highest BCUT2D eigenvalue weighted by Gasteiger charge is 2.30. The Balaban J connectivity index is 1.40. The summed E-state index contributed by atoms with van der Waals surface area (Å²) in [6.45, 7) is 4.22. The van der Waals surface area contributed by atoms with Gasteiger partial charge in [0.2, 0.25) is 5.91 Å². The fourth-order valence-corrected chi connectivity index (χ4v) is 3.39. The van der Waals surface area contributed by atoms with Crippen molar-refractivity contribution in [2.75, 3.05) is 19.8 Å². The van der Waals surface area contributed by atoms with Crippen LogP contribution in [-0.4, -0.2) is 47.4 Å². The average Bonchev–Trinajstić information content (AvgIpc) is 3.39. The average molecular weight is 343 g/mol. The quantitative estimate of drug-likeness (QED) is 0.872. The number of hydrogen-bond acceptors (Lipinski definition) is 4. The second kappa shape index (κ2) is 7.14. The van der Waals surface area contributed by atoms with Crippen LogP contribution in [0.5, 0.6) is 0 Å². The standard InChI is InChI=1S/C19H25N3O3/c1-13-20-15-4-2-3-5-17(15)22(13)10-19(23)21-16-12-24-9-8-18(16)25-11-14-6-7-14/h2-5,14,16,18H,6-12H2,1H3,(H,21,23)/t16-,18+/m1/s1. The number of nitrogens with zero attached hydrogens (tertiary/aromatic N) is 2. The first kappa shape index (κ1) is 16.5. The molecule has 2 fully saturated rings. The summed E-state index contributed by atoms with van der Waals surface area (Å²) >= 11 is 0. The van der Waals surface area contributed by atoms with Crippen LogP contribution < -0.4 is 5.32 Å². The number of aromatic nitrogens is 2. The molecule has 1 saturated heterocycles. The molecule has 2 aliphatic rings. The molecule has 2 heterocycles. The Morgan fingerprint density at radius 1 is 1.36 bits per heavy atom. The van der Waals surface area contributed by atoms with E-state index in [9.17, 15) is 4.79 Å². The van der Waals surface area contributed by atoms with E-state index in [1.165, 1.54) is 12.8 Å². The lowest BCUT2D eigenvalue weighted by molar-refractivity contribution is -0.126. The van der Waals surface area contributed by atoms with E-state index < -0.39 is 0 Å². The maximum absolute atomic E-state index is 12.6. The molecule has 4 rings (SSSR count). The van der Waals surface area contributed by atoms with Crippen molar-refractivity contribution < 1.29 is 14.3 Å². The van der Waals surface area contributed by atoms with Gasteiger partial charge in [0, 0.05) is 13.2 Å². The normalized spacial score (nSPS) is 23.7. The van der Waals surface area contributed by atoms with Crippen LogP contribution in [0.3, 0.4) is 0 Å². The molecule has 0 unspecified atom stereocenters. The molecular weight excluding hydrogens is 318 g/mol. The Bertz CT molecular complexity index is 753. The molecular formula is C19H25N3O3. The number of para-hydroxylation sites is 2. The topological polar surface area (TPSA) is 65.4 Å². The van der Waals surface area contributed by atoms with Crippen LogP contribution in [0.4, 0.5) is 0 Å². The first-order valence-electron chi connectivity index (χ1n) is 9.11. The van der Waals surface area contributed by atoms with Crippen molar-refractivity contribution in [3.63, 3.8) is 0 Å². The van der Waals surface area contributed by atoms with Gasteiger partial charge in [-0.1, -0.05) is 12.1 Å². The van der Waals surface area contributed by atoms with Gasteiger partial charge in [-0.15, -0.1) is 0 Å². The summed E-state index contributed by atoms with van der Waals surface area (Å²) in [4.78, 5) is 17.1. The molecule has 0 spiro atoms. The highest BCUT2D eigenvalue weighted by Crippen LogP contribution is 2.30. The third-order valence-electron chi connectivity index (χ3n) is 5.03. The van der Waals surface area contributed by atoms with Crippen molar-refractivity contribution >= 4 is 16.9 Å². The van der Waals surface area contributed by atoms with Crippen molar-refractivity contribution in [1.82, 2.24) is 14.9 Å². The van der Waals surface area contributed by atoms with Gasteiger partial charge >= 0.3 is 0 Å². The van der Waals surface area contributed by atoms with Gasteiger partial charge in [0.1, 0.15) is 12.4 Å². The molecule has 6 heteroatoms. The number of nitrogens with one attached hydrogen (secondary N) is 1. The Kier molecular flexibility index (Phi) is 4.72. The van der Waals surface area contributed by atoms with Gasteiger partial charge in [0.05, 0.1) is 29.8 Å². The molecule has 1 aliphatic carbocycles. The van der Waals surface area contributed by atoms with E-state index in [0.29, 0.717) is 13.2 Å². The zero-order chi connectivity index (χ0) is 17.2. The number of benzene rings is 1. The minimum Gasteiger partial charge on any atom is -0.379 e. The fraction of sp³-hybridized carbons (Fsp3) is 0.579. The van der Waals surface area contributed by atoms with Gasteiger partial charge in [0.25, 0.3) is 0 Å². The number of hydrogen-bond donors (Lipinski definition) is 1. The molecule has 134 valence electrons. The van der Waals surface area contributed by atoms with Crippen molar-refractivity contribution in [3.8, 4) is 0 Å². The SMILES string of the molecule is Cc1nc2ccccc2n1CC(=O)N[C@@H]1COCC[C@@H]1OCC1CC1. The Labute approximate surface area is 147 Å². The molecule has 6 nitrogen and oxygen atoms in total. The van der Waals surface area contributed by atoms with E-state index in [1.54, 1.807) is 0 Å². The summed E-state index contributed by atoms with van der Waals surface area (Å²) in [5.41, 5.74) is 1.90. The van der Waals surface area contributed by atoms with Crippen molar-refractivity contribution in [3.05, 3.63) is 30.1 Å². The molecule has 0 radical (unpaired) electrons. The second-order valence-electron chi connectivity index (χ2n) is 7.09. The first-order valence-corrected chi connectivity index (χ1v) is 9.11. The maximum atomic E-state index is 12.6. The Morgan fingerprint density at radius 2 is 2.20 bits per heavy atom. The highest BCUT2D eigenvalue weighted by atomic mass is 16.5. The molecule has 2 atom stereocenters. The Hall–Kier alpha value is -1.92. The third kappa shape index (κ3) is 3.85. The summed E-state index contributed by atoms with van der Waals surface area (Å²) < 4.78 is 13.5. The number of carbonyl (C=O) groups is 1. The Morgan fingerprint density at radius 3 is 3.04 bits per heavy atom. The van der Waals surface area contributed by atoms with Crippen LogP contribution in [0.2, 0.25) is 0 Å². The summed E-state index contributed by atoms with van der Waals surface area (Å²) in [5.74, 6) is 1.54. The predicted molar refractivity (Wildman–Crippen MR) is 94.3 cm³/mol. The minimum atomic E-state index is -0.0740. The molecule has 1 saturated carbocycles. The number of imidazole rings is 1. The van der Waals surface area contributed by atoms with Gasteiger partial charge in [-0.25, -0.2) is 4.98 Å². The van der Waals surface area contributed by atoms with Crippen molar-refractivity contribution in [2.24, 2.45) is 5.92 Å².